The molecule has 1 aliphatic carbocycles. The lowest BCUT2D eigenvalue weighted by molar-refractivity contribution is 0.414. The van der Waals surface area contributed by atoms with Crippen LogP contribution < -0.4 is 0 Å². The molecule has 0 bridgehead atoms. The minimum atomic E-state index is 0.784. The summed E-state index contributed by atoms with van der Waals surface area (Å²) in [6.07, 6.45) is 14.6. The van der Waals surface area contributed by atoms with Gasteiger partial charge < -0.3 is 0 Å². The molecule has 1 rings (SSSR count). The van der Waals surface area contributed by atoms with Crippen LogP contribution in [0, 0.1) is 11.8 Å². The van der Waals surface area contributed by atoms with Crippen molar-refractivity contribution in [2.75, 3.05) is 0 Å². The summed E-state index contributed by atoms with van der Waals surface area (Å²) in [5.74, 6) is 1.67. The summed E-state index contributed by atoms with van der Waals surface area (Å²) < 4.78 is 0. The molecule has 66 valence electrons. The number of rotatable bonds is 4. The fraction of sp³-hybridized carbons (Fsp3) is 0.500. The van der Waals surface area contributed by atoms with Gasteiger partial charge in [0, 0.05) is 0 Å². The van der Waals surface area contributed by atoms with E-state index in [1.54, 1.807) is 0 Å². The van der Waals surface area contributed by atoms with Gasteiger partial charge in [0.2, 0.25) is 0 Å². The summed E-state index contributed by atoms with van der Waals surface area (Å²) in [5.41, 5.74) is 0. The molecule has 0 nitrogen and oxygen atoms in total. The molecular weight excluding hydrogens is 144 g/mol. The van der Waals surface area contributed by atoms with Crippen LogP contribution in [-0.2, 0) is 0 Å². The second-order valence-corrected chi connectivity index (χ2v) is 3.40. The molecule has 0 radical (unpaired) electrons. The molecule has 0 spiro atoms. The average molecular weight is 162 g/mol. The lowest BCUT2D eigenvalue weighted by Crippen LogP contribution is -2.05. The number of hydrogen-bond acceptors (Lipinski definition) is 0. The Morgan fingerprint density at radius 3 is 3.08 bits per heavy atom. The minimum absolute atomic E-state index is 0.784. The van der Waals surface area contributed by atoms with Crippen LogP contribution in [0.15, 0.2) is 37.0 Å². The quantitative estimate of drug-likeness (QED) is 0.436. The highest BCUT2D eigenvalue weighted by Gasteiger charge is 2.18. The Labute approximate surface area is 75.7 Å². The minimum Gasteiger partial charge on any atom is -0.0991 e. The van der Waals surface area contributed by atoms with Crippen molar-refractivity contribution in [3.8, 4) is 0 Å². The first-order chi connectivity index (χ1) is 5.88. The van der Waals surface area contributed by atoms with E-state index in [1.807, 2.05) is 12.2 Å². The topological polar surface area (TPSA) is 0 Å². The highest BCUT2D eigenvalue weighted by atomic mass is 14.2. The Bertz CT molecular complexity index is 186. The monoisotopic (exact) mass is 162 g/mol. The van der Waals surface area contributed by atoms with Gasteiger partial charge in [-0.15, -0.1) is 0 Å². The van der Waals surface area contributed by atoms with Gasteiger partial charge in [0.15, 0.2) is 0 Å². The highest BCUT2D eigenvalue weighted by molar-refractivity contribution is 5.05. The molecular formula is C12H18. The van der Waals surface area contributed by atoms with E-state index in [0.29, 0.717) is 0 Å². The van der Waals surface area contributed by atoms with E-state index < -0.39 is 0 Å². The maximum Gasteiger partial charge on any atom is -0.0168 e. The van der Waals surface area contributed by atoms with E-state index in [9.17, 15) is 0 Å². The van der Waals surface area contributed by atoms with Crippen molar-refractivity contribution in [1.29, 1.82) is 0 Å². The molecule has 0 heteroatoms. The van der Waals surface area contributed by atoms with Crippen LogP contribution in [0.25, 0.3) is 0 Å². The van der Waals surface area contributed by atoms with Crippen molar-refractivity contribution < 1.29 is 0 Å². The second kappa shape index (κ2) is 4.97. The van der Waals surface area contributed by atoms with E-state index in [-0.39, 0.29) is 0 Å². The van der Waals surface area contributed by atoms with E-state index in [4.69, 9.17) is 0 Å². The zero-order valence-corrected chi connectivity index (χ0v) is 7.87. The van der Waals surface area contributed by atoms with Crippen molar-refractivity contribution >= 4 is 0 Å². The number of hydrogen-bond donors (Lipinski definition) is 0. The summed E-state index contributed by atoms with van der Waals surface area (Å²) in [6, 6.07) is 0. The van der Waals surface area contributed by atoms with Gasteiger partial charge in [0.1, 0.15) is 0 Å². The van der Waals surface area contributed by atoms with E-state index in [2.05, 4.69) is 31.7 Å². The van der Waals surface area contributed by atoms with Crippen LogP contribution in [0.3, 0.4) is 0 Å². The third-order valence-corrected chi connectivity index (χ3v) is 2.63. The normalized spacial score (nSPS) is 28.4. The summed E-state index contributed by atoms with van der Waals surface area (Å²) in [4.78, 5) is 0. The van der Waals surface area contributed by atoms with Crippen molar-refractivity contribution in [3.05, 3.63) is 37.0 Å². The summed E-state index contributed by atoms with van der Waals surface area (Å²) >= 11 is 0. The highest BCUT2D eigenvalue weighted by Crippen LogP contribution is 2.30. The smallest absolute Gasteiger partial charge is 0.0168 e. The van der Waals surface area contributed by atoms with Crippen molar-refractivity contribution in [1.82, 2.24) is 0 Å². The van der Waals surface area contributed by atoms with Gasteiger partial charge in [-0.1, -0.05) is 50.3 Å². The predicted molar refractivity (Wildman–Crippen MR) is 55.0 cm³/mol. The fourth-order valence-electron chi connectivity index (χ4n) is 1.83. The third-order valence-electron chi connectivity index (χ3n) is 2.63. The van der Waals surface area contributed by atoms with Crippen molar-refractivity contribution in [2.24, 2.45) is 11.8 Å². The van der Waals surface area contributed by atoms with Gasteiger partial charge in [-0.05, 0) is 24.7 Å². The Morgan fingerprint density at radius 2 is 2.42 bits per heavy atom. The van der Waals surface area contributed by atoms with Gasteiger partial charge >= 0.3 is 0 Å². The summed E-state index contributed by atoms with van der Waals surface area (Å²) in [5, 5.41) is 0. The lowest BCUT2D eigenvalue weighted by atomic mass is 9.90. The van der Waals surface area contributed by atoms with E-state index in [1.165, 1.54) is 19.3 Å². The molecule has 0 saturated heterocycles. The molecule has 2 atom stereocenters. The predicted octanol–water partition coefficient (Wildman–Crippen LogP) is 3.72. The van der Waals surface area contributed by atoms with Crippen molar-refractivity contribution in [3.63, 3.8) is 0 Å². The van der Waals surface area contributed by atoms with Crippen LogP contribution >= 0.6 is 0 Å². The molecule has 0 N–H and O–H groups in total. The zero-order valence-electron chi connectivity index (χ0n) is 7.87. The van der Waals surface area contributed by atoms with Gasteiger partial charge in [-0.2, -0.15) is 0 Å². The van der Waals surface area contributed by atoms with Crippen LogP contribution in [0.4, 0.5) is 0 Å². The molecule has 0 amide bonds. The Balaban J connectivity index is 2.35. The van der Waals surface area contributed by atoms with Crippen LogP contribution in [0.1, 0.15) is 26.2 Å². The molecule has 0 aromatic rings. The van der Waals surface area contributed by atoms with Crippen LogP contribution in [0.2, 0.25) is 0 Å². The Hall–Kier alpha value is -0.780. The number of allylic oxidation sites excluding steroid dienone is 5. The first-order valence-corrected chi connectivity index (χ1v) is 4.82. The summed E-state index contributed by atoms with van der Waals surface area (Å²) in [6.45, 7) is 5.94. The molecule has 0 fully saturated rings. The Morgan fingerprint density at radius 1 is 1.58 bits per heavy atom. The first-order valence-electron chi connectivity index (χ1n) is 4.82. The van der Waals surface area contributed by atoms with Gasteiger partial charge in [0.05, 0.1) is 0 Å². The molecule has 1 aliphatic rings. The molecule has 2 unspecified atom stereocenters. The first kappa shape index (κ1) is 9.31. The Kier molecular flexibility index (Phi) is 3.86. The molecule has 0 aliphatic heterocycles. The van der Waals surface area contributed by atoms with Gasteiger partial charge in [0.25, 0.3) is 0 Å². The van der Waals surface area contributed by atoms with E-state index >= 15 is 0 Å². The van der Waals surface area contributed by atoms with Gasteiger partial charge in [-0.25, -0.2) is 0 Å². The standard InChI is InChI=1S/C12H18/c1-3-5-6-8-12-10-7-9-11(12)4-2/h3,5-7,10-12H,1,4,8-9H2,2H3/b6-5-. The molecule has 12 heavy (non-hydrogen) atoms. The summed E-state index contributed by atoms with van der Waals surface area (Å²) in [7, 11) is 0. The molecule has 0 aromatic carbocycles. The average Bonchev–Trinajstić information content (AvgIpc) is 2.52. The maximum atomic E-state index is 3.66. The third kappa shape index (κ3) is 2.37. The van der Waals surface area contributed by atoms with E-state index in [0.717, 1.165) is 11.8 Å². The van der Waals surface area contributed by atoms with Crippen LogP contribution in [-0.4, -0.2) is 0 Å². The van der Waals surface area contributed by atoms with Crippen molar-refractivity contribution in [2.45, 2.75) is 26.2 Å². The van der Waals surface area contributed by atoms with Crippen LogP contribution in [0.5, 0.6) is 0 Å². The SMILES string of the molecule is C=C/C=C\CC1C=CCC1CC. The second-order valence-electron chi connectivity index (χ2n) is 3.40. The molecule has 0 heterocycles. The fourth-order valence-corrected chi connectivity index (χ4v) is 1.83. The maximum absolute atomic E-state index is 3.66. The largest absolute Gasteiger partial charge is 0.0991 e. The molecule has 0 saturated carbocycles. The molecule has 0 aromatic heterocycles. The zero-order chi connectivity index (χ0) is 8.81. The van der Waals surface area contributed by atoms with Gasteiger partial charge in [-0.3, -0.25) is 0 Å². The lowest BCUT2D eigenvalue weighted by Gasteiger charge is -2.14.